The van der Waals surface area contributed by atoms with E-state index in [2.05, 4.69) is 4.98 Å². The van der Waals surface area contributed by atoms with E-state index in [1.807, 2.05) is 30.3 Å². The van der Waals surface area contributed by atoms with E-state index in [1.165, 1.54) is 0 Å². The van der Waals surface area contributed by atoms with Gasteiger partial charge in [-0.25, -0.2) is 4.98 Å². The van der Waals surface area contributed by atoms with Crippen LogP contribution in [-0.4, -0.2) is 22.9 Å². The van der Waals surface area contributed by atoms with E-state index < -0.39 is 0 Å². The number of fused-ring (bicyclic) bond motifs is 1. The molecule has 1 aromatic carbocycles. The van der Waals surface area contributed by atoms with Crippen molar-refractivity contribution in [2.24, 2.45) is 0 Å². The summed E-state index contributed by atoms with van der Waals surface area (Å²) >= 11 is 5.83. The molecular formula is C15H13ClN2O2. The fraction of sp³-hybridized carbons (Fsp3) is 0.200. The number of amides is 1. The first-order chi connectivity index (χ1) is 9.67. The van der Waals surface area contributed by atoms with Gasteiger partial charge in [0.15, 0.2) is 0 Å². The van der Waals surface area contributed by atoms with Crippen LogP contribution in [0.15, 0.2) is 36.4 Å². The van der Waals surface area contributed by atoms with Gasteiger partial charge in [0.2, 0.25) is 0 Å². The molecule has 5 heteroatoms. The summed E-state index contributed by atoms with van der Waals surface area (Å²) in [4.78, 5) is 18.1. The van der Waals surface area contributed by atoms with Crippen LogP contribution < -0.4 is 4.74 Å². The van der Waals surface area contributed by atoms with Crippen LogP contribution in [0, 0.1) is 0 Å². The van der Waals surface area contributed by atoms with Gasteiger partial charge in [-0.1, -0.05) is 29.8 Å². The van der Waals surface area contributed by atoms with E-state index in [0.29, 0.717) is 23.9 Å². The molecule has 0 atom stereocenters. The van der Waals surface area contributed by atoms with Crippen molar-refractivity contribution in [1.82, 2.24) is 9.88 Å². The number of aromatic nitrogens is 1. The molecular weight excluding hydrogens is 276 g/mol. The van der Waals surface area contributed by atoms with Crippen LogP contribution >= 0.6 is 11.6 Å². The van der Waals surface area contributed by atoms with Gasteiger partial charge in [-0.3, -0.25) is 4.79 Å². The lowest BCUT2D eigenvalue weighted by molar-refractivity contribution is 0.0762. The molecule has 2 aromatic rings. The highest BCUT2D eigenvalue weighted by atomic mass is 35.5. The molecule has 0 saturated carbocycles. The largest absolute Gasteiger partial charge is 0.497 e. The van der Waals surface area contributed by atoms with E-state index in [1.54, 1.807) is 18.1 Å². The smallest absolute Gasteiger partial charge is 0.273 e. The van der Waals surface area contributed by atoms with Gasteiger partial charge in [0, 0.05) is 18.7 Å². The number of ether oxygens (including phenoxy) is 1. The molecule has 1 aliphatic rings. The summed E-state index contributed by atoms with van der Waals surface area (Å²) in [5.74, 6) is 0.733. The summed E-state index contributed by atoms with van der Waals surface area (Å²) in [6.07, 6.45) is 0. The van der Waals surface area contributed by atoms with Crippen LogP contribution in [0.2, 0.25) is 5.15 Å². The van der Waals surface area contributed by atoms with Crippen molar-refractivity contribution in [2.45, 2.75) is 13.1 Å². The zero-order valence-corrected chi connectivity index (χ0v) is 11.7. The fourth-order valence-corrected chi connectivity index (χ4v) is 2.43. The van der Waals surface area contributed by atoms with Gasteiger partial charge in [0.05, 0.1) is 7.11 Å². The summed E-state index contributed by atoms with van der Waals surface area (Å²) in [7, 11) is 1.63. The highest BCUT2D eigenvalue weighted by molar-refractivity contribution is 6.29. The Balaban J connectivity index is 1.78. The van der Waals surface area contributed by atoms with Gasteiger partial charge in [-0.05, 0) is 23.8 Å². The molecule has 0 unspecified atom stereocenters. The monoisotopic (exact) mass is 288 g/mol. The maximum absolute atomic E-state index is 12.3. The van der Waals surface area contributed by atoms with Gasteiger partial charge >= 0.3 is 0 Å². The summed E-state index contributed by atoms with van der Waals surface area (Å²) in [6, 6.07) is 11.3. The number of halogens is 1. The van der Waals surface area contributed by atoms with E-state index in [0.717, 1.165) is 16.9 Å². The van der Waals surface area contributed by atoms with E-state index in [9.17, 15) is 4.79 Å². The zero-order chi connectivity index (χ0) is 14.1. The number of rotatable bonds is 3. The maximum atomic E-state index is 12.3. The number of carbonyl (C=O) groups excluding carboxylic acids is 1. The lowest BCUT2D eigenvalue weighted by atomic mass is 10.2. The van der Waals surface area contributed by atoms with Crippen LogP contribution in [0.1, 0.15) is 21.6 Å². The number of carbonyl (C=O) groups is 1. The van der Waals surface area contributed by atoms with Crippen LogP contribution in [0.4, 0.5) is 0 Å². The van der Waals surface area contributed by atoms with Crippen LogP contribution in [0.3, 0.4) is 0 Å². The number of benzene rings is 1. The number of pyridine rings is 1. The summed E-state index contributed by atoms with van der Waals surface area (Å²) in [6.45, 7) is 1.13. The molecule has 2 heterocycles. The molecule has 4 nitrogen and oxygen atoms in total. The number of nitrogens with zero attached hydrogens (tertiary/aromatic N) is 2. The predicted octanol–water partition coefficient (Wildman–Crippen LogP) is 2.90. The molecule has 1 aliphatic heterocycles. The molecule has 1 amide bonds. The molecule has 0 saturated heterocycles. The van der Waals surface area contributed by atoms with Crippen molar-refractivity contribution in [3.05, 3.63) is 58.4 Å². The van der Waals surface area contributed by atoms with Gasteiger partial charge in [0.25, 0.3) is 5.91 Å². The zero-order valence-electron chi connectivity index (χ0n) is 11.0. The van der Waals surface area contributed by atoms with Crippen LogP contribution in [0.25, 0.3) is 0 Å². The standard InChI is InChI=1S/C15H13ClN2O2/c1-20-12-5-2-10(3-6-12)8-18-9-11-4-7-13(16)17-14(11)15(18)19/h2-7H,8-9H2,1H3. The van der Waals surface area contributed by atoms with Crippen LogP contribution in [0.5, 0.6) is 5.75 Å². The van der Waals surface area contributed by atoms with Crippen molar-refractivity contribution in [2.75, 3.05) is 7.11 Å². The third-order valence-electron chi connectivity index (χ3n) is 3.33. The summed E-state index contributed by atoms with van der Waals surface area (Å²) in [5.41, 5.74) is 2.44. The topological polar surface area (TPSA) is 42.4 Å². The average molecular weight is 289 g/mol. The van der Waals surface area contributed by atoms with Gasteiger partial charge in [-0.15, -0.1) is 0 Å². The minimum Gasteiger partial charge on any atom is -0.497 e. The Morgan fingerprint density at radius 3 is 2.70 bits per heavy atom. The summed E-state index contributed by atoms with van der Waals surface area (Å²) in [5, 5.41) is 0.350. The molecule has 0 spiro atoms. The lowest BCUT2D eigenvalue weighted by Crippen LogP contribution is -2.23. The molecule has 1 aromatic heterocycles. The molecule has 0 N–H and O–H groups in total. The van der Waals surface area contributed by atoms with E-state index in [-0.39, 0.29) is 5.91 Å². The highest BCUT2D eigenvalue weighted by Gasteiger charge is 2.28. The first kappa shape index (κ1) is 12.9. The molecule has 0 bridgehead atoms. The highest BCUT2D eigenvalue weighted by Crippen LogP contribution is 2.24. The minimum atomic E-state index is -0.0710. The fourth-order valence-electron chi connectivity index (χ4n) is 2.28. The molecule has 102 valence electrons. The molecule has 0 fully saturated rings. The van der Waals surface area contributed by atoms with Gasteiger partial charge in [-0.2, -0.15) is 0 Å². The molecule has 0 radical (unpaired) electrons. The molecule has 0 aliphatic carbocycles. The van der Waals surface area contributed by atoms with Gasteiger partial charge in [0.1, 0.15) is 16.6 Å². The van der Waals surface area contributed by atoms with E-state index in [4.69, 9.17) is 16.3 Å². The second-order valence-electron chi connectivity index (χ2n) is 4.65. The molecule has 3 rings (SSSR count). The van der Waals surface area contributed by atoms with Crippen molar-refractivity contribution < 1.29 is 9.53 Å². The first-order valence-electron chi connectivity index (χ1n) is 6.25. The second-order valence-corrected chi connectivity index (χ2v) is 5.04. The van der Waals surface area contributed by atoms with E-state index >= 15 is 0 Å². The summed E-state index contributed by atoms with van der Waals surface area (Å²) < 4.78 is 5.12. The van der Waals surface area contributed by atoms with Crippen molar-refractivity contribution >= 4 is 17.5 Å². The third kappa shape index (κ3) is 2.34. The first-order valence-corrected chi connectivity index (χ1v) is 6.63. The Hall–Kier alpha value is -2.07. The van der Waals surface area contributed by atoms with Gasteiger partial charge < -0.3 is 9.64 Å². The minimum absolute atomic E-state index is 0.0710. The normalized spacial score (nSPS) is 13.5. The number of methoxy groups -OCH3 is 1. The predicted molar refractivity (Wildman–Crippen MR) is 75.8 cm³/mol. The Morgan fingerprint density at radius 1 is 1.25 bits per heavy atom. The van der Waals surface area contributed by atoms with Crippen molar-refractivity contribution in [3.63, 3.8) is 0 Å². The number of hydrogen-bond acceptors (Lipinski definition) is 3. The van der Waals surface area contributed by atoms with Crippen LogP contribution in [-0.2, 0) is 13.1 Å². The number of hydrogen-bond donors (Lipinski definition) is 0. The lowest BCUT2D eigenvalue weighted by Gasteiger charge is -2.15. The van der Waals surface area contributed by atoms with Crippen molar-refractivity contribution in [1.29, 1.82) is 0 Å². The maximum Gasteiger partial charge on any atom is 0.273 e. The Morgan fingerprint density at radius 2 is 2.00 bits per heavy atom. The Kier molecular flexibility index (Phi) is 3.32. The Bertz CT molecular complexity index is 655. The molecule has 20 heavy (non-hydrogen) atoms. The quantitative estimate of drug-likeness (QED) is 0.816. The average Bonchev–Trinajstić information content (AvgIpc) is 2.76. The Labute approximate surface area is 122 Å². The third-order valence-corrected chi connectivity index (χ3v) is 3.54. The SMILES string of the molecule is COc1ccc(CN2Cc3ccc(Cl)nc3C2=O)cc1. The second kappa shape index (κ2) is 5.13. The van der Waals surface area contributed by atoms with Crippen molar-refractivity contribution in [3.8, 4) is 5.75 Å².